The number of carbonyl (C=O) groups excluding carboxylic acids is 2. The van der Waals surface area contributed by atoms with Gasteiger partial charge in [-0.05, 0) is 43.3 Å². The number of methoxy groups -OCH3 is 1. The van der Waals surface area contributed by atoms with E-state index < -0.39 is 0 Å². The molecule has 0 aliphatic rings. The van der Waals surface area contributed by atoms with Gasteiger partial charge in [-0.25, -0.2) is 0 Å². The van der Waals surface area contributed by atoms with E-state index in [1.54, 1.807) is 67.3 Å². The quantitative estimate of drug-likeness (QED) is 0.418. The molecule has 0 saturated heterocycles. The highest BCUT2D eigenvalue weighted by molar-refractivity contribution is 7.99. The molecule has 9 heteroatoms. The lowest BCUT2D eigenvalue weighted by Gasteiger charge is -2.13. The molecule has 3 rings (SSSR count). The first-order valence-corrected chi connectivity index (χ1v) is 10.5. The number of thioether (sulfide) groups is 1. The molecule has 0 saturated carbocycles. The van der Waals surface area contributed by atoms with Crippen LogP contribution in [0.5, 0.6) is 5.75 Å². The maximum Gasteiger partial charge on any atom is 0.251 e. The van der Waals surface area contributed by atoms with Crippen molar-refractivity contribution in [1.82, 2.24) is 20.1 Å². The minimum atomic E-state index is -0.367. The predicted octanol–water partition coefficient (Wildman–Crippen LogP) is 3.94. The number of nitrogens with one attached hydrogen (secondary N) is 1. The van der Waals surface area contributed by atoms with Crippen molar-refractivity contribution in [3.05, 3.63) is 70.5 Å². The van der Waals surface area contributed by atoms with Gasteiger partial charge in [0.15, 0.2) is 16.8 Å². The zero-order chi connectivity index (χ0) is 21.7. The average Bonchev–Trinajstić information content (AvgIpc) is 3.12. The normalized spacial score (nSPS) is 11.7. The van der Waals surface area contributed by atoms with Crippen LogP contribution in [-0.2, 0) is 7.05 Å². The number of amides is 1. The van der Waals surface area contributed by atoms with Crippen molar-refractivity contribution in [3.8, 4) is 5.75 Å². The van der Waals surface area contributed by atoms with E-state index in [-0.39, 0.29) is 23.5 Å². The third-order valence-electron chi connectivity index (χ3n) is 4.43. The van der Waals surface area contributed by atoms with Crippen molar-refractivity contribution in [2.45, 2.75) is 18.1 Å². The second-order valence-electron chi connectivity index (χ2n) is 6.55. The Balaban J connectivity index is 1.62. The Morgan fingerprint density at radius 3 is 2.60 bits per heavy atom. The summed E-state index contributed by atoms with van der Waals surface area (Å²) in [5, 5.41) is 12.4. The van der Waals surface area contributed by atoms with Gasteiger partial charge >= 0.3 is 0 Å². The molecular formula is C21H21ClN4O3S. The molecule has 2 aromatic carbocycles. The molecule has 30 heavy (non-hydrogen) atoms. The molecule has 1 atom stereocenters. The number of benzene rings is 2. The van der Waals surface area contributed by atoms with Gasteiger partial charge in [0.25, 0.3) is 5.91 Å². The molecule has 0 fully saturated rings. The lowest BCUT2D eigenvalue weighted by atomic mass is 10.1. The first kappa shape index (κ1) is 21.9. The molecule has 1 amide bonds. The van der Waals surface area contributed by atoms with Crippen LogP contribution in [0.1, 0.15) is 39.5 Å². The third kappa shape index (κ3) is 5.20. The van der Waals surface area contributed by atoms with Crippen LogP contribution in [-0.4, -0.2) is 39.3 Å². The van der Waals surface area contributed by atoms with Crippen molar-refractivity contribution in [1.29, 1.82) is 0 Å². The molecule has 0 aliphatic carbocycles. The van der Waals surface area contributed by atoms with Crippen molar-refractivity contribution in [2.75, 3.05) is 12.9 Å². The Labute approximate surface area is 183 Å². The molecule has 7 nitrogen and oxygen atoms in total. The molecule has 0 aliphatic heterocycles. The van der Waals surface area contributed by atoms with E-state index in [0.29, 0.717) is 32.9 Å². The lowest BCUT2D eigenvalue weighted by molar-refractivity contribution is 0.0937. The van der Waals surface area contributed by atoms with Gasteiger partial charge in [0.05, 0.1) is 18.9 Å². The Kier molecular flexibility index (Phi) is 7.12. The summed E-state index contributed by atoms with van der Waals surface area (Å²) in [7, 11) is 3.37. The SMILES string of the molecule is COc1cccc(C(=O)CSc2nnc([C@@H](C)NC(=O)c3ccc(Cl)cc3)n2C)c1. The largest absolute Gasteiger partial charge is 0.497 e. The molecule has 0 bridgehead atoms. The summed E-state index contributed by atoms with van der Waals surface area (Å²) < 4.78 is 6.93. The van der Waals surface area contributed by atoms with Crippen LogP contribution in [0.25, 0.3) is 0 Å². The second-order valence-corrected chi connectivity index (χ2v) is 7.92. The summed E-state index contributed by atoms with van der Waals surface area (Å²) in [5.41, 5.74) is 1.08. The summed E-state index contributed by atoms with van der Waals surface area (Å²) in [6, 6.07) is 13.3. The Hall–Kier alpha value is -2.84. The van der Waals surface area contributed by atoms with Crippen LogP contribution in [0, 0.1) is 0 Å². The average molecular weight is 445 g/mol. The Morgan fingerprint density at radius 1 is 1.17 bits per heavy atom. The number of Topliss-reactive ketones (excluding diaryl/α,β-unsaturated/α-hetero) is 1. The minimum absolute atomic E-state index is 0.0347. The minimum Gasteiger partial charge on any atom is -0.497 e. The van der Waals surface area contributed by atoms with Gasteiger partial charge in [-0.15, -0.1) is 10.2 Å². The fraction of sp³-hybridized carbons (Fsp3) is 0.238. The molecule has 156 valence electrons. The van der Waals surface area contributed by atoms with Gasteiger partial charge in [-0.1, -0.05) is 35.5 Å². The number of rotatable bonds is 8. The predicted molar refractivity (Wildman–Crippen MR) is 116 cm³/mol. The molecule has 1 heterocycles. The van der Waals surface area contributed by atoms with Crippen LogP contribution in [0.4, 0.5) is 0 Å². The zero-order valence-corrected chi connectivity index (χ0v) is 18.3. The van der Waals surface area contributed by atoms with Gasteiger partial charge in [-0.2, -0.15) is 0 Å². The molecule has 3 aromatic rings. The maximum atomic E-state index is 12.5. The zero-order valence-electron chi connectivity index (χ0n) is 16.8. The van der Waals surface area contributed by atoms with Gasteiger partial charge in [0, 0.05) is 23.2 Å². The van der Waals surface area contributed by atoms with Gasteiger partial charge in [0.2, 0.25) is 0 Å². The van der Waals surface area contributed by atoms with Gasteiger partial charge in [0.1, 0.15) is 5.75 Å². The number of aromatic nitrogens is 3. The van der Waals surface area contributed by atoms with Crippen molar-refractivity contribution < 1.29 is 14.3 Å². The fourth-order valence-electron chi connectivity index (χ4n) is 2.78. The van der Waals surface area contributed by atoms with Crippen molar-refractivity contribution in [2.24, 2.45) is 7.05 Å². The third-order valence-corrected chi connectivity index (χ3v) is 5.71. The number of ketones is 1. The van der Waals surface area contributed by atoms with E-state index in [1.807, 2.05) is 6.92 Å². The van der Waals surface area contributed by atoms with Crippen LogP contribution < -0.4 is 10.1 Å². The topological polar surface area (TPSA) is 86.1 Å². The molecule has 0 radical (unpaired) electrons. The molecular weight excluding hydrogens is 424 g/mol. The van der Waals surface area contributed by atoms with E-state index in [4.69, 9.17) is 16.3 Å². The Bertz CT molecular complexity index is 1050. The summed E-state index contributed by atoms with van der Waals surface area (Å²) in [5.74, 6) is 1.17. The van der Waals surface area contributed by atoms with E-state index in [0.717, 1.165) is 0 Å². The molecule has 0 unspecified atom stereocenters. The summed E-state index contributed by atoms with van der Waals surface area (Å²) >= 11 is 7.15. The smallest absolute Gasteiger partial charge is 0.251 e. The number of hydrogen-bond donors (Lipinski definition) is 1. The summed E-state index contributed by atoms with van der Waals surface area (Å²) in [6.07, 6.45) is 0. The van der Waals surface area contributed by atoms with E-state index in [2.05, 4.69) is 15.5 Å². The van der Waals surface area contributed by atoms with Crippen LogP contribution in [0.15, 0.2) is 53.7 Å². The summed E-state index contributed by atoms with van der Waals surface area (Å²) in [6.45, 7) is 1.83. The molecule has 1 aromatic heterocycles. The second kappa shape index (κ2) is 9.77. The van der Waals surface area contributed by atoms with Crippen molar-refractivity contribution >= 4 is 35.1 Å². The number of ether oxygens (including phenoxy) is 1. The van der Waals surface area contributed by atoms with E-state index >= 15 is 0 Å². The first-order chi connectivity index (χ1) is 14.4. The molecule has 1 N–H and O–H groups in total. The fourth-order valence-corrected chi connectivity index (χ4v) is 3.72. The highest BCUT2D eigenvalue weighted by Crippen LogP contribution is 2.22. The van der Waals surface area contributed by atoms with Gasteiger partial charge < -0.3 is 14.6 Å². The van der Waals surface area contributed by atoms with E-state index in [9.17, 15) is 9.59 Å². The van der Waals surface area contributed by atoms with E-state index in [1.165, 1.54) is 11.8 Å². The highest BCUT2D eigenvalue weighted by Gasteiger charge is 2.19. The number of halogens is 1. The standard InChI is InChI=1S/C21H21ClN4O3S/c1-13(23-20(28)14-7-9-16(22)10-8-14)19-24-25-21(26(19)2)30-12-18(27)15-5-4-6-17(11-15)29-3/h4-11,13H,12H2,1-3H3,(H,23,28)/t13-/m1/s1. The molecule has 0 spiro atoms. The van der Waals surface area contributed by atoms with Gasteiger partial charge in [-0.3, -0.25) is 9.59 Å². The maximum absolute atomic E-state index is 12.5. The van der Waals surface area contributed by atoms with Crippen molar-refractivity contribution in [3.63, 3.8) is 0 Å². The number of nitrogens with zero attached hydrogens (tertiary/aromatic N) is 3. The summed E-state index contributed by atoms with van der Waals surface area (Å²) in [4.78, 5) is 24.9. The lowest BCUT2D eigenvalue weighted by Crippen LogP contribution is -2.28. The number of hydrogen-bond acceptors (Lipinski definition) is 6. The highest BCUT2D eigenvalue weighted by atomic mass is 35.5. The van der Waals surface area contributed by atoms with Crippen LogP contribution >= 0.6 is 23.4 Å². The monoisotopic (exact) mass is 444 g/mol. The van der Waals surface area contributed by atoms with Crippen LogP contribution in [0.3, 0.4) is 0 Å². The van der Waals surface area contributed by atoms with Crippen LogP contribution in [0.2, 0.25) is 5.02 Å². The number of carbonyl (C=O) groups is 2. The Morgan fingerprint density at radius 2 is 1.90 bits per heavy atom. The first-order valence-electron chi connectivity index (χ1n) is 9.15.